The van der Waals surface area contributed by atoms with E-state index in [9.17, 15) is 4.79 Å². The largest absolute Gasteiger partial charge is 0.481 e. The van der Waals surface area contributed by atoms with Crippen LogP contribution in [0.5, 0.6) is 0 Å². The van der Waals surface area contributed by atoms with Crippen molar-refractivity contribution in [2.75, 3.05) is 0 Å². The number of carbonyl (C=O) groups is 2. The maximum absolute atomic E-state index is 11.3. The highest BCUT2D eigenvalue weighted by atomic mass is 16.5. The predicted molar refractivity (Wildman–Crippen MR) is 93.2 cm³/mol. The molecule has 3 atom stereocenters. The SMILES string of the molecule is CC(=O)O.CC(=O)OC(CC(C)C1CC=C(C)CC1)C(C)(C)C. The van der Waals surface area contributed by atoms with Crippen molar-refractivity contribution in [3.8, 4) is 0 Å². The van der Waals surface area contributed by atoms with Gasteiger partial charge in [0, 0.05) is 13.8 Å². The van der Waals surface area contributed by atoms with E-state index in [4.69, 9.17) is 14.6 Å². The Morgan fingerprint density at radius 1 is 1.35 bits per heavy atom. The topological polar surface area (TPSA) is 63.6 Å². The molecule has 4 heteroatoms. The average Bonchev–Trinajstić information content (AvgIpc) is 2.36. The van der Waals surface area contributed by atoms with Crippen LogP contribution >= 0.6 is 0 Å². The normalized spacial score (nSPS) is 20.5. The van der Waals surface area contributed by atoms with Crippen LogP contribution in [0.4, 0.5) is 0 Å². The molecule has 0 aromatic heterocycles. The second-order valence-electron chi connectivity index (χ2n) is 7.78. The van der Waals surface area contributed by atoms with Crippen LogP contribution in [0.15, 0.2) is 11.6 Å². The molecule has 0 aromatic carbocycles. The summed E-state index contributed by atoms with van der Waals surface area (Å²) in [5, 5.41) is 7.42. The number of hydrogen-bond acceptors (Lipinski definition) is 3. The molecule has 0 aromatic rings. The fraction of sp³-hybridized carbons (Fsp3) is 0.789. The van der Waals surface area contributed by atoms with E-state index >= 15 is 0 Å². The van der Waals surface area contributed by atoms with Gasteiger partial charge in [-0.15, -0.1) is 0 Å². The van der Waals surface area contributed by atoms with Gasteiger partial charge in [-0.1, -0.05) is 39.3 Å². The van der Waals surface area contributed by atoms with E-state index < -0.39 is 5.97 Å². The summed E-state index contributed by atoms with van der Waals surface area (Å²) in [6.45, 7) is 13.6. The van der Waals surface area contributed by atoms with Gasteiger partial charge in [0.2, 0.25) is 0 Å². The summed E-state index contributed by atoms with van der Waals surface area (Å²) < 4.78 is 5.54. The van der Waals surface area contributed by atoms with Gasteiger partial charge in [-0.3, -0.25) is 9.59 Å². The Kier molecular flexibility index (Phi) is 9.18. The van der Waals surface area contributed by atoms with Crippen LogP contribution in [0.25, 0.3) is 0 Å². The number of allylic oxidation sites excluding steroid dienone is 2. The molecule has 23 heavy (non-hydrogen) atoms. The zero-order chi connectivity index (χ0) is 18.2. The quantitative estimate of drug-likeness (QED) is 0.594. The molecule has 0 saturated heterocycles. The van der Waals surface area contributed by atoms with E-state index in [-0.39, 0.29) is 17.5 Å². The molecule has 4 nitrogen and oxygen atoms in total. The van der Waals surface area contributed by atoms with E-state index in [0.717, 1.165) is 19.3 Å². The second kappa shape index (κ2) is 9.74. The van der Waals surface area contributed by atoms with Gasteiger partial charge in [0.15, 0.2) is 0 Å². The van der Waals surface area contributed by atoms with Gasteiger partial charge in [-0.2, -0.15) is 0 Å². The third kappa shape index (κ3) is 10.1. The molecule has 0 radical (unpaired) electrons. The molecule has 1 aliphatic rings. The zero-order valence-corrected chi connectivity index (χ0v) is 15.8. The van der Waals surface area contributed by atoms with Crippen LogP contribution in [0.3, 0.4) is 0 Å². The molecule has 0 saturated carbocycles. The minimum atomic E-state index is -0.833. The number of carboxylic acid groups (broad SMARTS) is 1. The fourth-order valence-corrected chi connectivity index (χ4v) is 2.81. The van der Waals surface area contributed by atoms with Gasteiger partial charge >= 0.3 is 5.97 Å². The fourth-order valence-electron chi connectivity index (χ4n) is 2.81. The van der Waals surface area contributed by atoms with Crippen molar-refractivity contribution in [3.05, 3.63) is 11.6 Å². The highest BCUT2D eigenvalue weighted by Gasteiger charge is 2.31. The van der Waals surface area contributed by atoms with Crippen LogP contribution in [-0.4, -0.2) is 23.1 Å². The second-order valence-corrected chi connectivity index (χ2v) is 7.78. The van der Waals surface area contributed by atoms with E-state index in [0.29, 0.717) is 5.92 Å². The lowest BCUT2D eigenvalue weighted by Gasteiger charge is -2.35. The molecule has 0 heterocycles. The summed E-state index contributed by atoms with van der Waals surface area (Å²) in [5.41, 5.74) is 1.54. The molecule has 0 aliphatic heterocycles. The first kappa shape index (κ1) is 21.7. The van der Waals surface area contributed by atoms with Crippen LogP contribution in [-0.2, 0) is 14.3 Å². The van der Waals surface area contributed by atoms with E-state index in [1.54, 1.807) is 0 Å². The van der Waals surface area contributed by atoms with Gasteiger partial charge in [-0.25, -0.2) is 0 Å². The summed E-state index contributed by atoms with van der Waals surface area (Å²) in [6, 6.07) is 0. The third-order valence-corrected chi connectivity index (χ3v) is 4.34. The lowest BCUT2D eigenvalue weighted by atomic mass is 9.75. The maximum Gasteiger partial charge on any atom is 0.302 e. The van der Waals surface area contributed by atoms with Crippen LogP contribution < -0.4 is 0 Å². The number of carboxylic acids is 1. The molecular weight excluding hydrogens is 292 g/mol. The summed E-state index contributed by atoms with van der Waals surface area (Å²) in [7, 11) is 0. The number of aliphatic carboxylic acids is 1. The monoisotopic (exact) mass is 326 g/mol. The van der Waals surface area contributed by atoms with Crippen molar-refractivity contribution in [1.82, 2.24) is 0 Å². The first-order valence-electron chi connectivity index (χ1n) is 8.45. The smallest absolute Gasteiger partial charge is 0.302 e. The molecule has 0 bridgehead atoms. The lowest BCUT2D eigenvalue weighted by molar-refractivity contribution is -0.153. The van der Waals surface area contributed by atoms with Gasteiger partial charge < -0.3 is 9.84 Å². The molecule has 0 amide bonds. The van der Waals surface area contributed by atoms with E-state index in [1.807, 2.05) is 0 Å². The molecule has 1 rings (SSSR count). The van der Waals surface area contributed by atoms with Crippen LogP contribution in [0, 0.1) is 17.3 Å². The molecule has 134 valence electrons. The number of rotatable bonds is 4. The summed E-state index contributed by atoms with van der Waals surface area (Å²) in [5.74, 6) is 0.351. The molecular formula is C19H34O4. The van der Waals surface area contributed by atoms with Gasteiger partial charge in [0.05, 0.1) is 0 Å². The van der Waals surface area contributed by atoms with Gasteiger partial charge in [0.1, 0.15) is 6.10 Å². The molecule has 1 aliphatic carbocycles. The predicted octanol–water partition coefficient (Wildman–Crippen LogP) is 4.83. The van der Waals surface area contributed by atoms with Crippen molar-refractivity contribution in [2.45, 2.75) is 80.3 Å². The maximum atomic E-state index is 11.3. The van der Waals surface area contributed by atoms with Crippen molar-refractivity contribution in [1.29, 1.82) is 0 Å². The number of carbonyl (C=O) groups excluding carboxylic acids is 1. The van der Waals surface area contributed by atoms with Crippen molar-refractivity contribution in [3.63, 3.8) is 0 Å². The van der Waals surface area contributed by atoms with Gasteiger partial charge in [-0.05, 0) is 49.9 Å². The van der Waals surface area contributed by atoms with Crippen LogP contribution in [0.2, 0.25) is 0 Å². The Morgan fingerprint density at radius 2 is 1.87 bits per heavy atom. The standard InChI is InChI=1S/C17H30O2.C2H4O2/c1-12-7-9-15(10-8-12)13(2)11-16(17(4,5)6)19-14(3)18;1-2(3)4/h7,13,15-16H,8-11H2,1-6H3;1H3,(H,3,4). The van der Waals surface area contributed by atoms with E-state index in [1.165, 1.54) is 31.8 Å². The van der Waals surface area contributed by atoms with Crippen molar-refractivity contribution >= 4 is 11.9 Å². The van der Waals surface area contributed by atoms with Gasteiger partial charge in [0.25, 0.3) is 5.97 Å². The summed E-state index contributed by atoms with van der Waals surface area (Å²) >= 11 is 0. The van der Waals surface area contributed by atoms with Crippen molar-refractivity contribution in [2.24, 2.45) is 17.3 Å². The Balaban J connectivity index is 0.00000108. The number of hydrogen-bond donors (Lipinski definition) is 1. The Bertz CT molecular complexity index is 414. The first-order valence-corrected chi connectivity index (χ1v) is 8.45. The number of ether oxygens (including phenoxy) is 1. The average molecular weight is 326 g/mol. The Morgan fingerprint density at radius 3 is 2.22 bits per heavy atom. The molecule has 3 unspecified atom stereocenters. The Labute approximate surface area is 141 Å². The zero-order valence-electron chi connectivity index (χ0n) is 15.8. The molecule has 0 fully saturated rings. The minimum absolute atomic E-state index is 0.0142. The first-order chi connectivity index (χ1) is 10.4. The minimum Gasteiger partial charge on any atom is -0.481 e. The molecule has 1 N–H and O–H groups in total. The lowest BCUT2D eigenvalue weighted by Crippen LogP contribution is -2.34. The highest BCUT2D eigenvalue weighted by Crippen LogP contribution is 2.35. The van der Waals surface area contributed by atoms with E-state index in [2.05, 4.69) is 40.7 Å². The summed E-state index contributed by atoms with van der Waals surface area (Å²) in [6.07, 6.45) is 7.06. The molecule has 0 spiro atoms. The highest BCUT2D eigenvalue weighted by molar-refractivity contribution is 5.66. The number of esters is 1. The Hall–Kier alpha value is -1.32. The van der Waals surface area contributed by atoms with Crippen molar-refractivity contribution < 1.29 is 19.4 Å². The third-order valence-electron chi connectivity index (χ3n) is 4.34. The summed E-state index contributed by atoms with van der Waals surface area (Å²) in [4.78, 5) is 20.3. The van der Waals surface area contributed by atoms with Crippen LogP contribution in [0.1, 0.15) is 74.1 Å².